The summed E-state index contributed by atoms with van der Waals surface area (Å²) in [6, 6.07) is 12.1. The minimum absolute atomic E-state index is 0.0713. The Labute approximate surface area is 241 Å². The van der Waals surface area contributed by atoms with Crippen molar-refractivity contribution in [3.8, 4) is 5.75 Å². The topological polar surface area (TPSA) is 81.2 Å². The number of halogens is 1. The minimum atomic E-state index is -1.08. The number of benzene rings is 2. The van der Waals surface area contributed by atoms with Crippen molar-refractivity contribution in [1.29, 1.82) is 0 Å². The molecule has 2 aliphatic rings. The summed E-state index contributed by atoms with van der Waals surface area (Å²) in [5, 5.41) is 14.3. The van der Waals surface area contributed by atoms with Crippen LogP contribution in [0.2, 0.25) is 0 Å². The molecule has 0 fully saturated rings. The van der Waals surface area contributed by atoms with E-state index in [2.05, 4.69) is 60.5 Å². The number of hydrogen-bond acceptors (Lipinski definition) is 7. The number of hydrazine groups is 2. The number of nitrogens with one attached hydrogen (secondary N) is 1. The van der Waals surface area contributed by atoms with Gasteiger partial charge in [-0.2, -0.15) is 4.39 Å². The lowest BCUT2D eigenvalue weighted by Crippen LogP contribution is -2.39. The Morgan fingerprint density at radius 3 is 2.66 bits per heavy atom. The second-order valence-electron chi connectivity index (χ2n) is 11.9. The molecule has 0 aliphatic carbocycles. The Kier molecular flexibility index (Phi) is 7.70. The number of pyridine rings is 1. The number of carboxylic acids is 1. The summed E-state index contributed by atoms with van der Waals surface area (Å²) >= 11 is 0. The molecule has 0 unspecified atom stereocenters. The van der Waals surface area contributed by atoms with Crippen LogP contribution in [0.5, 0.6) is 5.75 Å². The first-order valence-electron chi connectivity index (χ1n) is 14.1. The number of anilines is 2. The first kappa shape index (κ1) is 28.8. The van der Waals surface area contributed by atoms with Crippen molar-refractivity contribution in [3.05, 3.63) is 81.9 Å². The van der Waals surface area contributed by atoms with Crippen LogP contribution in [-0.2, 0) is 17.9 Å². The summed E-state index contributed by atoms with van der Waals surface area (Å²) in [5.41, 5.74) is 9.88. The molecule has 2 atom stereocenters. The number of rotatable bonds is 7. The first-order valence-corrected chi connectivity index (χ1v) is 14.1. The van der Waals surface area contributed by atoms with Gasteiger partial charge in [-0.1, -0.05) is 31.2 Å². The molecule has 3 aromatic rings. The van der Waals surface area contributed by atoms with E-state index in [1.165, 1.54) is 6.20 Å². The fourth-order valence-corrected chi connectivity index (χ4v) is 6.26. The van der Waals surface area contributed by atoms with Crippen molar-refractivity contribution in [2.45, 2.75) is 66.2 Å². The highest BCUT2D eigenvalue weighted by molar-refractivity contribution is 5.81. The SMILES string of the molecule is CC[C@@H]1CN(Cc2cc([C@@H](c3ccc4c(c3C)N(C)NN4C)C(C)(C)C(=O)O)ccc2C)Cc2c(ccnc2F)O1. The molecule has 0 saturated carbocycles. The average Bonchev–Trinajstić information content (AvgIpc) is 3.09. The Bertz CT molecular complexity index is 1480. The molecule has 0 radical (unpaired) electrons. The monoisotopic (exact) mass is 561 g/mol. The van der Waals surface area contributed by atoms with Crippen LogP contribution >= 0.6 is 0 Å². The molecule has 3 heterocycles. The summed E-state index contributed by atoms with van der Waals surface area (Å²) in [4.78, 5) is 18.8. The number of fused-ring (bicyclic) bond motifs is 2. The van der Waals surface area contributed by atoms with Crippen LogP contribution in [0.1, 0.15) is 66.5 Å². The van der Waals surface area contributed by atoms with E-state index in [1.807, 2.05) is 30.2 Å². The normalized spacial score (nSPS) is 18.0. The third-order valence-corrected chi connectivity index (χ3v) is 8.69. The van der Waals surface area contributed by atoms with E-state index in [1.54, 1.807) is 19.9 Å². The predicted molar refractivity (Wildman–Crippen MR) is 159 cm³/mol. The van der Waals surface area contributed by atoms with Gasteiger partial charge in [0.05, 0.1) is 22.4 Å². The zero-order valence-electron chi connectivity index (χ0n) is 25.0. The van der Waals surface area contributed by atoms with Crippen molar-refractivity contribution in [2.24, 2.45) is 5.41 Å². The lowest BCUT2D eigenvalue weighted by atomic mass is 9.69. The van der Waals surface area contributed by atoms with Gasteiger partial charge in [-0.05, 0) is 74.1 Å². The van der Waals surface area contributed by atoms with Gasteiger partial charge in [0.2, 0.25) is 5.95 Å². The van der Waals surface area contributed by atoms with Gasteiger partial charge in [-0.15, -0.1) is 5.53 Å². The molecule has 9 heteroatoms. The molecule has 5 rings (SSSR count). The van der Waals surface area contributed by atoms with Crippen LogP contribution in [-0.4, -0.2) is 47.7 Å². The molecule has 2 aliphatic heterocycles. The van der Waals surface area contributed by atoms with Crippen LogP contribution in [0.25, 0.3) is 0 Å². The van der Waals surface area contributed by atoms with E-state index in [0.29, 0.717) is 30.9 Å². The zero-order valence-corrected chi connectivity index (χ0v) is 25.0. The van der Waals surface area contributed by atoms with Crippen LogP contribution in [0.3, 0.4) is 0 Å². The van der Waals surface area contributed by atoms with E-state index in [4.69, 9.17) is 4.74 Å². The van der Waals surface area contributed by atoms with E-state index in [9.17, 15) is 14.3 Å². The van der Waals surface area contributed by atoms with Gasteiger partial charge in [0.1, 0.15) is 11.9 Å². The molecule has 2 N–H and O–H groups in total. The standard InChI is InChI=1S/C32H40FN5O3/c1-8-23-17-38(18-25-27(41-23)13-14-34-30(25)33)16-22-15-21(10-9-19(22)2)28(32(4,5)31(39)40)24-11-12-26-29(20(24)3)37(7)35-36(26)6/h9-15,23,28,35H,8,16-18H2,1-7H3,(H,39,40)/t23-,28+/m1/s1. The molecular weight excluding hydrogens is 521 g/mol. The molecule has 0 bridgehead atoms. The van der Waals surface area contributed by atoms with Crippen molar-refractivity contribution in [2.75, 3.05) is 30.7 Å². The average molecular weight is 562 g/mol. The second kappa shape index (κ2) is 10.9. The number of carboxylic acid groups (broad SMARTS) is 1. The number of hydrogen-bond donors (Lipinski definition) is 2. The third kappa shape index (κ3) is 5.24. The summed E-state index contributed by atoms with van der Waals surface area (Å²) in [6.45, 7) is 11.4. The van der Waals surface area contributed by atoms with Crippen molar-refractivity contribution in [1.82, 2.24) is 15.4 Å². The summed E-state index contributed by atoms with van der Waals surface area (Å²) in [7, 11) is 3.93. The van der Waals surface area contributed by atoms with Gasteiger partial charge in [-0.25, -0.2) is 4.98 Å². The molecule has 2 aromatic carbocycles. The summed E-state index contributed by atoms with van der Waals surface area (Å²) in [6.07, 6.45) is 2.17. The number of nitrogens with zero attached hydrogens (tertiary/aromatic N) is 4. The second-order valence-corrected chi connectivity index (χ2v) is 11.9. The van der Waals surface area contributed by atoms with Gasteiger partial charge in [0.15, 0.2) is 0 Å². The molecule has 0 saturated heterocycles. The highest BCUT2D eigenvalue weighted by Gasteiger charge is 2.41. The number of aliphatic carboxylic acids is 1. The number of ether oxygens (including phenoxy) is 1. The number of carbonyl (C=O) groups is 1. The van der Waals surface area contributed by atoms with Crippen molar-refractivity contribution >= 4 is 17.3 Å². The van der Waals surface area contributed by atoms with E-state index < -0.39 is 23.2 Å². The molecule has 8 nitrogen and oxygen atoms in total. The maximum atomic E-state index is 14.7. The largest absolute Gasteiger partial charge is 0.489 e. The van der Waals surface area contributed by atoms with E-state index >= 15 is 0 Å². The highest BCUT2D eigenvalue weighted by Crippen LogP contribution is 2.47. The van der Waals surface area contributed by atoms with Gasteiger partial charge in [0.25, 0.3) is 0 Å². The van der Waals surface area contributed by atoms with Crippen LogP contribution in [0, 0.1) is 25.2 Å². The Morgan fingerprint density at radius 2 is 1.95 bits per heavy atom. The third-order valence-electron chi connectivity index (χ3n) is 8.69. The number of aromatic nitrogens is 1. The quantitative estimate of drug-likeness (QED) is 0.363. The lowest BCUT2D eigenvalue weighted by molar-refractivity contribution is -0.147. The van der Waals surface area contributed by atoms with Gasteiger partial charge < -0.3 is 9.84 Å². The lowest BCUT2D eigenvalue weighted by Gasteiger charge is -2.34. The Balaban J connectivity index is 1.56. The summed E-state index contributed by atoms with van der Waals surface area (Å²) in [5.74, 6) is -1.21. The Hall–Kier alpha value is -3.69. The van der Waals surface area contributed by atoms with Gasteiger partial charge >= 0.3 is 5.97 Å². The van der Waals surface area contributed by atoms with Crippen LogP contribution in [0.15, 0.2) is 42.6 Å². The van der Waals surface area contributed by atoms with Crippen molar-refractivity contribution < 1.29 is 19.0 Å². The van der Waals surface area contributed by atoms with E-state index in [0.717, 1.165) is 45.6 Å². The molecule has 0 amide bonds. The van der Waals surface area contributed by atoms with Crippen LogP contribution < -0.4 is 20.3 Å². The zero-order chi connectivity index (χ0) is 29.6. The van der Waals surface area contributed by atoms with Gasteiger partial charge in [0, 0.05) is 45.8 Å². The predicted octanol–water partition coefficient (Wildman–Crippen LogP) is 5.56. The molecule has 1 aromatic heterocycles. The van der Waals surface area contributed by atoms with Gasteiger partial charge in [-0.3, -0.25) is 19.7 Å². The van der Waals surface area contributed by atoms with Crippen LogP contribution in [0.4, 0.5) is 15.8 Å². The molecular formula is C32H40FN5O3. The number of aryl methyl sites for hydroxylation is 1. The Morgan fingerprint density at radius 1 is 1.20 bits per heavy atom. The maximum absolute atomic E-state index is 14.7. The molecule has 218 valence electrons. The smallest absolute Gasteiger partial charge is 0.310 e. The summed E-state index contributed by atoms with van der Waals surface area (Å²) < 4.78 is 20.9. The molecule has 0 spiro atoms. The fourth-order valence-electron chi connectivity index (χ4n) is 6.26. The highest BCUT2D eigenvalue weighted by atomic mass is 19.1. The van der Waals surface area contributed by atoms with Crippen molar-refractivity contribution in [3.63, 3.8) is 0 Å². The minimum Gasteiger partial charge on any atom is -0.489 e. The first-order chi connectivity index (χ1) is 19.4. The molecule has 41 heavy (non-hydrogen) atoms. The van der Waals surface area contributed by atoms with E-state index in [-0.39, 0.29) is 6.10 Å². The fraction of sp³-hybridized carbons (Fsp3) is 0.438. The maximum Gasteiger partial charge on any atom is 0.310 e.